The smallest absolute Gasteiger partial charge is 0.145 e. The molecule has 2 heterocycles. The second kappa shape index (κ2) is 5.43. The summed E-state index contributed by atoms with van der Waals surface area (Å²) >= 11 is 0. The van der Waals surface area contributed by atoms with E-state index < -0.39 is 0 Å². The molecule has 5 rings (SSSR count). The van der Waals surface area contributed by atoms with Crippen LogP contribution >= 0.6 is 0 Å². The summed E-state index contributed by atoms with van der Waals surface area (Å²) in [5, 5.41) is 3.74. The predicted octanol–water partition coefficient (Wildman–Crippen LogP) is 6.23. The minimum Gasteiger partial charge on any atom is -0.299 e. The molecule has 3 aromatic carbocycles. The van der Waals surface area contributed by atoms with Gasteiger partial charge in [0.05, 0.1) is 5.52 Å². The van der Waals surface area contributed by atoms with Gasteiger partial charge in [-0.3, -0.25) is 4.40 Å². The Hall–Kier alpha value is -3.13. The normalized spacial score (nSPS) is 11.7. The van der Waals surface area contributed by atoms with Crippen molar-refractivity contribution in [3.8, 4) is 11.1 Å². The molecule has 2 nitrogen and oxygen atoms in total. The molecule has 0 aliphatic heterocycles. The number of hydrogen-bond acceptors (Lipinski definition) is 1. The van der Waals surface area contributed by atoms with Gasteiger partial charge in [0.2, 0.25) is 0 Å². The third-order valence-electron chi connectivity index (χ3n) is 5.34. The van der Waals surface area contributed by atoms with Gasteiger partial charge in [0.15, 0.2) is 0 Å². The number of fused-ring (bicyclic) bond motifs is 6. The maximum atomic E-state index is 4.66. The van der Waals surface area contributed by atoms with Crippen molar-refractivity contribution >= 4 is 27.3 Å². The fourth-order valence-corrected chi connectivity index (χ4v) is 4.27. The Morgan fingerprint density at radius 1 is 0.769 bits per heavy atom. The van der Waals surface area contributed by atoms with Crippen molar-refractivity contribution in [2.45, 2.75) is 20.8 Å². The van der Waals surface area contributed by atoms with Gasteiger partial charge in [-0.25, -0.2) is 4.98 Å². The minimum absolute atomic E-state index is 1.02. The molecule has 0 unspecified atom stereocenters. The van der Waals surface area contributed by atoms with Crippen LogP contribution in [-0.4, -0.2) is 9.38 Å². The Morgan fingerprint density at radius 3 is 2.27 bits per heavy atom. The first-order valence-electron chi connectivity index (χ1n) is 9.00. The van der Waals surface area contributed by atoms with Gasteiger partial charge in [0.1, 0.15) is 5.65 Å². The molecule has 26 heavy (non-hydrogen) atoms. The van der Waals surface area contributed by atoms with E-state index in [0.29, 0.717) is 0 Å². The van der Waals surface area contributed by atoms with Crippen molar-refractivity contribution in [3.63, 3.8) is 0 Å². The minimum atomic E-state index is 1.02. The van der Waals surface area contributed by atoms with E-state index in [1.165, 1.54) is 49.5 Å². The first-order valence-corrected chi connectivity index (χ1v) is 9.00. The molecule has 0 aliphatic rings. The van der Waals surface area contributed by atoms with Crippen molar-refractivity contribution in [1.82, 2.24) is 9.38 Å². The Balaban J connectivity index is 2.10. The van der Waals surface area contributed by atoms with Gasteiger partial charge in [-0.1, -0.05) is 42.5 Å². The number of rotatable bonds is 1. The number of hydrogen-bond donors (Lipinski definition) is 0. The summed E-state index contributed by atoms with van der Waals surface area (Å²) < 4.78 is 2.25. The highest BCUT2D eigenvalue weighted by Gasteiger charge is 2.16. The van der Waals surface area contributed by atoms with Gasteiger partial charge in [0, 0.05) is 28.7 Å². The summed E-state index contributed by atoms with van der Waals surface area (Å²) in [5.41, 5.74) is 8.75. The number of pyridine rings is 1. The van der Waals surface area contributed by atoms with Crippen molar-refractivity contribution in [1.29, 1.82) is 0 Å². The number of aryl methyl sites for hydroxylation is 3. The van der Waals surface area contributed by atoms with Gasteiger partial charge in [-0.15, -0.1) is 0 Å². The zero-order chi connectivity index (χ0) is 17.8. The Labute approximate surface area is 152 Å². The summed E-state index contributed by atoms with van der Waals surface area (Å²) in [4.78, 5) is 4.66. The third kappa shape index (κ3) is 2.02. The molecule has 2 aromatic heterocycles. The van der Waals surface area contributed by atoms with E-state index in [4.69, 9.17) is 0 Å². The third-order valence-corrected chi connectivity index (χ3v) is 5.34. The molecule has 0 spiro atoms. The van der Waals surface area contributed by atoms with Crippen molar-refractivity contribution in [2.24, 2.45) is 0 Å². The lowest BCUT2D eigenvalue weighted by molar-refractivity contribution is 1.26. The van der Waals surface area contributed by atoms with Crippen LogP contribution < -0.4 is 0 Å². The van der Waals surface area contributed by atoms with Crippen LogP contribution in [-0.2, 0) is 0 Å². The number of nitrogens with zero attached hydrogens (tertiary/aromatic N) is 2. The van der Waals surface area contributed by atoms with Crippen LogP contribution in [0.4, 0.5) is 0 Å². The second-order valence-corrected chi connectivity index (χ2v) is 7.14. The number of benzene rings is 3. The maximum absolute atomic E-state index is 4.66. The molecule has 5 aromatic rings. The highest BCUT2D eigenvalue weighted by Crippen LogP contribution is 2.38. The molecular weight excluding hydrogens is 316 g/mol. The van der Waals surface area contributed by atoms with Crippen molar-refractivity contribution in [2.75, 3.05) is 0 Å². The maximum Gasteiger partial charge on any atom is 0.145 e. The monoisotopic (exact) mass is 336 g/mol. The average molecular weight is 336 g/mol. The van der Waals surface area contributed by atoms with Crippen molar-refractivity contribution in [3.05, 3.63) is 83.7 Å². The molecule has 0 aliphatic carbocycles. The molecule has 0 radical (unpaired) electrons. The highest BCUT2D eigenvalue weighted by atomic mass is 15.0. The molecule has 0 fully saturated rings. The van der Waals surface area contributed by atoms with Crippen LogP contribution in [0.15, 0.2) is 67.0 Å². The molecule has 0 bridgehead atoms. The topological polar surface area (TPSA) is 17.3 Å². The second-order valence-electron chi connectivity index (χ2n) is 7.14. The van der Waals surface area contributed by atoms with E-state index in [1.54, 1.807) is 0 Å². The molecule has 0 saturated carbocycles. The summed E-state index contributed by atoms with van der Waals surface area (Å²) in [6, 6.07) is 19.7. The van der Waals surface area contributed by atoms with Crippen LogP contribution in [0.5, 0.6) is 0 Å². The van der Waals surface area contributed by atoms with Gasteiger partial charge in [0.25, 0.3) is 0 Å². The van der Waals surface area contributed by atoms with Gasteiger partial charge < -0.3 is 0 Å². The van der Waals surface area contributed by atoms with Crippen LogP contribution in [0.3, 0.4) is 0 Å². The molecule has 0 atom stereocenters. The molecule has 0 saturated heterocycles. The van der Waals surface area contributed by atoms with E-state index in [-0.39, 0.29) is 0 Å². The lowest BCUT2D eigenvalue weighted by Gasteiger charge is -2.17. The Kier molecular flexibility index (Phi) is 3.17. The molecule has 126 valence electrons. The van der Waals surface area contributed by atoms with Crippen LogP contribution in [0.2, 0.25) is 0 Å². The zero-order valence-electron chi connectivity index (χ0n) is 15.2. The van der Waals surface area contributed by atoms with Crippen LogP contribution in [0.1, 0.15) is 16.7 Å². The lowest BCUT2D eigenvalue weighted by Crippen LogP contribution is -1.97. The highest BCUT2D eigenvalue weighted by molar-refractivity contribution is 6.15. The molecular formula is C24H20N2. The van der Waals surface area contributed by atoms with Crippen LogP contribution in [0, 0.1) is 20.8 Å². The largest absolute Gasteiger partial charge is 0.299 e. The standard InChI is InChI=1S/C24H20N2/c1-15-13-20-18-9-4-5-10-19(18)24-25-11-12-26(24)23(20)21(14-15)22-16(2)7-6-8-17(22)3/h4-14H,1-3H3. The van der Waals surface area contributed by atoms with E-state index in [0.717, 1.165) is 5.65 Å². The Morgan fingerprint density at radius 2 is 1.50 bits per heavy atom. The fraction of sp³-hybridized carbons (Fsp3) is 0.125. The number of imidazole rings is 1. The Bertz CT molecular complexity index is 1290. The van der Waals surface area contributed by atoms with Gasteiger partial charge >= 0.3 is 0 Å². The first kappa shape index (κ1) is 15.2. The quantitative estimate of drug-likeness (QED) is 0.332. The summed E-state index contributed by atoms with van der Waals surface area (Å²) in [7, 11) is 0. The van der Waals surface area contributed by atoms with E-state index >= 15 is 0 Å². The van der Waals surface area contributed by atoms with Gasteiger partial charge in [-0.05, 0) is 60.5 Å². The van der Waals surface area contributed by atoms with Crippen molar-refractivity contribution < 1.29 is 0 Å². The van der Waals surface area contributed by atoms with E-state index in [1.807, 2.05) is 6.20 Å². The summed E-state index contributed by atoms with van der Waals surface area (Å²) in [6.07, 6.45) is 3.98. The summed E-state index contributed by atoms with van der Waals surface area (Å²) in [5.74, 6) is 0. The zero-order valence-corrected chi connectivity index (χ0v) is 15.2. The van der Waals surface area contributed by atoms with Gasteiger partial charge in [-0.2, -0.15) is 0 Å². The number of aromatic nitrogens is 2. The lowest BCUT2D eigenvalue weighted by atomic mass is 9.91. The molecule has 0 N–H and O–H groups in total. The van der Waals surface area contributed by atoms with E-state index in [9.17, 15) is 0 Å². The molecule has 2 heteroatoms. The predicted molar refractivity (Wildman–Crippen MR) is 110 cm³/mol. The average Bonchev–Trinajstić information content (AvgIpc) is 3.11. The fourth-order valence-electron chi connectivity index (χ4n) is 4.27. The molecule has 0 amide bonds. The van der Waals surface area contributed by atoms with E-state index in [2.05, 4.69) is 91.0 Å². The SMILES string of the molecule is Cc1cc(-c2c(C)cccc2C)c2c(c1)c1ccccc1c1nccn12. The van der Waals surface area contributed by atoms with Crippen LogP contribution in [0.25, 0.3) is 38.4 Å². The summed E-state index contributed by atoms with van der Waals surface area (Å²) in [6.45, 7) is 6.58. The first-order chi connectivity index (χ1) is 12.6.